The Morgan fingerprint density at radius 2 is 1.12 bits per heavy atom. The highest BCUT2D eigenvalue weighted by Crippen LogP contribution is 2.12. The number of unbranched alkanes of at least 4 members (excludes halogenated alkanes) is 12. The lowest BCUT2D eigenvalue weighted by Crippen LogP contribution is -2.06. The molecule has 2 N–H and O–H groups in total. The summed E-state index contributed by atoms with van der Waals surface area (Å²) in [7, 11) is 0. The summed E-state index contributed by atoms with van der Waals surface area (Å²) in [5.74, 6) is -0.371. The fourth-order valence-corrected chi connectivity index (χ4v) is 2.53. The van der Waals surface area contributed by atoms with Gasteiger partial charge in [-0.25, -0.2) is 4.79 Å². The number of hydrogen-bond acceptors (Lipinski definition) is 3. The van der Waals surface area contributed by atoms with Crippen LogP contribution in [-0.2, 0) is 9.53 Å². The molecule has 0 atom stereocenters. The molecule has 0 spiro atoms. The molecule has 0 amide bonds. The summed E-state index contributed by atoms with van der Waals surface area (Å²) in [6.07, 6.45) is 16.1. The minimum atomic E-state index is -1.20. The normalized spacial score (nSPS) is 10.3. The second kappa shape index (κ2) is 21.8. The lowest BCUT2D eigenvalue weighted by molar-refractivity contribution is -0.137. The maximum absolute atomic E-state index is 10.3. The first kappa shape index (κ1) is 27.0. The van der Waals surface area contributed by atoms with E-state index in [1.165, 1.54) is 70.6 Å². The van der Waals surface area contributed by atoms with E-state index in [4.69, 9.17) is 10.2 Å². The molecule has 0 aliphatic carbocycles. The Balaban J connectivity index is 0. The van der Waals surface area contributed by atoms with Gasteiger partial charge in [-0.3, -0.25) is 4.79 Å². The van der Waals surface area contributed by atoms with Crippen LogP contribution in [-0.4, -0.2) is 28.9 Å². The zero-order valence-corrected chi connectivity index (χ0v) is 17.3. The van der Waals surface area contributed by atoms with Crippen LogP contribution in [0.1, 0.15) is 111 Å². The molecular weight excluding hydrogens is 332 g/mol. The Hall–Kier alpha value is -1.26. The third-order valence-electron chi connectivity index (χ3n) is 4.03. The van der Waals surface area contributed by atoms with Crippen molar-refractivity contribution in [1.82, 2.24) is 0 Å². The molecule has 0 unspecified atom stereocenters. The number of hydrogen-bond donors (Lipinski definition) is 2. The van der Waals surface area contributed by atoms with Crippen molar-refractivity contribution in [3.05, 3.63) is 0 Å². The Labute approximate surface area is 160 Å². The largest absolute Gasteiger partial charge is 0.505 e. The van der Waals surface area contributed by atoms with Crippen LogP contribution in [0.3, 0.4) is 0 Å². The molecule has 5 nitrogen and oxygen atoms in total. The third kappa shape index (κ3) is 30.6. The Bertz CT molecular complexity index is 316. The number of carboxylic acids is 1. The SMILES string of the molecule is CC(C)COC(=O)O.CCCCCCCCCCCCCCCC(=O)O. The van der Waals surface area contributed by atoms with Gasteiger partial charge >= 0.3 is 12.1 Å². The summed E-state index contributed by atoms with van der Waals surface area (Å²) in [6, 6.07) is 0. The number of carboxylic acid groups (broad SMARTS) is 2. The van der Waals surface area contributed by atoms with Crippen LogP contribution >= 0.6 is 0 Å². The summed E-state index contributed by atoms with van der Waals surface area (Å²) in [4.78, 5) is 20.0. The Morgan fingerprint density at radius 3 is 1.38 bits per heavy atom. The number of rotatable bonds is 16. The van der Waals surface area contributed by atoms with E-state index in [-0.39, 0.29) is 12.5 Å². The van der Waals surface area contributed by atoms with Gasteiger partial charge in [0.05, 0.1) is 6.61 Å². The molecule has 0 aliphatic rings. The van der Waals surface area contributed by atoms with Crippen LogP contribution in [0.5, 0.6) is 0 Å². The third-order valence-corrected chi connectivity index (χ3v) is 4.03. The topological polar surface area (TPSA) is 83.8 Å². The maximum atomic E-state index is 10.3. The van der Waals surface area contributed by atoms with Crippen molar-refractivity contribution in [2.45, 2.75) is 111 Å². The van der Waals surface area contributed by atoms with Crippen LogP contribution in [0.4, 0.5) is 4.79 Å². The molecule has 0 rings (SSSR count). The van der Waals surface area contributed by atoms with Crippen molar-refractivity contribution < 1.29 is 24.5 Å². The second-order valence-corrected chi connectivity index (χ2v) is 7.36. The molecule has 26 heavy (non-hydrogen) atoms. The fourth-order valence-electron chi connectivity index (χ4n) is 2.53. The highest BCUT2D eigenvalue weighted by Gasteiger charge is 1.98. The van der Waals surface area contributed by atoms with Gasteiger partial charge in [-0.15, -0.1) is 0 Å². The minimum Gasteiger partial charge on any atom is -0.481 e. The van der Waals surface area contributed by atoms with Crippen molar-refractivity contribution in [2.24, 2.45) is 5.92 Å². The maximum Gasteiger partial charge on any atom is 0.505 e. The Morgan fingerprint density at radius 1 is 0.731 bits per heavy atom. The van der Waals surface area contributed by atoms with Gasteiger partial charge in [-0.05, 0) is 12.3 Å². The van der Waals surface area contributed by atoms with E-state index in [9.17, 15) is 9.59 Å². The molecule has 156 valence electrons. The molecule has 0 saturated heterocycles. The molecule has 0 aromatic heterocycles. The van der Waals surface area contributed by atoms with E-state index in [1.807, 2.05) is 13.8 Å². The molecule has 0 fully saturated rings. The van der Waals surface area contributed by atoms with Gasteiger partial charge in [0.25, 0.3) is 0 Å². The predicted molar refractivity (Wildman–Crippen MR) is 107 cm³/mol. The summed E-state index contributed by atoms with van der Waals surface area (Å²) < 4.78 is 4.22. The highest BCUT2D eigenvalue weighted by atomic mass is 16.7. The number of aliphatic carboxylic acids is 1. The average Bonchev–Trinajstić information content (AvgIpc) is 2.57. The van der Waals surface area contributed by atoms with E-state index in [1.54, 1.807) is 0 Å². The first-order valence-corrected chi connectivity index (χ1v) is 10.5. The van der Waals surface area contributed by atoms with Gasteiger partial charge in [0.2, 0.25) is 0 Å². The van der Waals surface area contributed by atoms with Gasteiger partial charge in [-0.2, -0.15) is 0 Å². The minimum absolute atomic E-state index is 0.283. The quantitative estimate of drug-likeness (QED) is 0.227. The molecule has 0 saturated carbocycles. The van der Waals surface area contributed by atoms with Crippen LogP contribution in [0.2, 0.25) is 0 Å². The molecule has 0 bridgehead atoms. The van der Waals surface area contributed by atoms with Gasteiger partial charge < -0.3 is 14.9 Å². The predicted octanol–water partition coefficient (Wildman–Crippen LogP) is 6.89. The molecule has 0 aliphatic heterocycles. The van der Waals surface area contributed by atoms with Gasteiger partial charge in [0.15, 0.2) is 0 Å². The van der Waals surface area contributed by atoms with Crippen molar-refractivity contribution in [1.29, 1.82) is 0 Å². The van der Waals surface area contributed by atoms with E-state index in [0.29, 0.717) is 6.42 Å². The smallest absolute Gasteiger partial charge is 0.481 e. The van der Waals surface area contributed by atoms with E-state index < -0.39 is 12.1 Å². The summed E-state index contributed by atoms with van der Waals surface area (Å²) in [6.45, 7) is 6.33. The van der Waals surface area contributed by atoms with Crippen LogP contribution in [0, 0.1) is 5.92 Å². The Kier molecular flexibility index (Phi) is 22.6. The zero-order chi connectivity index (χ0) is 20.0. The molecule has 0 heterocycles. The number of carbonyl (C=O) groups is 2. The first-order valence-electron chi connectivity index (χ1n) is 10.5. The van der Waals surface area contributed by atoms with Gasteiger partial charge in [-0.1, -0.05) is 97.8 Å². The van der Waals surface area contributed by atoms with Gasteiger partial charge in [0, 0.05) is 6.42 Å². The second-order valence-electron chi connectivity index (χ2n) is 7.36. The molecule has 0 radical (unpaired) electrons. The average molecular weight is 375 g/mol. The van der Waals surface area contributed by atoms with Crippen LogP contribution < -0.4 is 0 Å². The summed E-state index contributed by atoms with van der Waals surface area (Å²) in [5, 5.41) is 16.4. The van der Waals surface area contributed by atoms with Crippen LogP contribution in [0.25, 0.3) is 0 Å². The standard InChI is InChI=1S/C16H32O2.C5H10O3/c1-2-3-4-5-6-7-8-9-10-11-12-13-14-15-16(17)18;1-4(2)3-8-5(6)7/h2-15H2,1H3,(H,17,18);4H,3H2,1-2H3,(H,6,7). The van der Waals surface area contributed by atoms with Crippen molar-refractivity contribution >= 4 is 12.1 Å². The first-order chi connectivity index (χ1) is 12.4. The number of ether oxygens (including phenoxy) is 1. The van der Waals surface area contributed by atoms with E-state index in [2.05, 4.69) is 11.7 Å². The van der Waals surface area contributed by atoms with E-state index in [0.717, 1.165) is 12.8 Å². The summed E-state index contributed by atoms with van der Waals surface area (Å²) >= 11 is 0. The summed E-state index contributed by atoms with van der Waals surface area (Å²) in [5.41, 5.74) is 0. The van der Waals surface area contributed by atoms with Crippen molar-refractivity contribution in [3.8, 4) is 0 Å². The van der Waals surface area contributed by atoms with Crippen molar-refractivity contribution in [2.75, 3.05) is 6.61 Å². The van der Waals surface area contributed by atoms with Crippen molar-refractivity contribution in [3.63, 3.8) is 0 Å². The van der Waals surface area contributed by atoms with E-state index >= 15 is 0 Å². The molecule has 0 aromatic rings. The highest BCUT2D eigenvalue weighted by molar-refractivity contribution is 5.66. The lowest BCUT2D eigenvalue weighted by Gasteiger charge is -2.02. The lowest BCUT2D eigenvalue weighted by atomic mass is 10.0. The molecule has 5 heteroatoms. The monoisotopic (exact) mass is 374 g/mol. The van der Waals surface area contributed by atoms with Gasteiger partial charge in [0.1, 0.15) is 0 Å². The zero-order valence-electron chi connectivity index (χ0n) is 17.3. The van der Waals surface area contributed by atoms with Crippen LogP contribution in [0.15, 0.2) is 0 Å². The molecule has 0 aromatic carbocycles. The fraction of sp³-hybridized carbons (Fsp3) is 0.905. The molecular formula is C21H42O5.